The van der Waals surface area contributed by atoms with Gasteiger partial charge in [0.25, 0.3) is 0 Å². The van der Waals surface area contributed by atoms with Gasteiger partial charge in [-0.05, 0) is 6.92 Å². The summed E-state index contributed by atoms with van der Waals surface area (Å²) in [5.41, 5.74) is 0. The molecule has 0 aromatic heterocycles. The highest BCUT2D eigenvalue weighted by Gasteiger charge is 2.25. The number of ketones is 1. The number of rotatable bonds is 5. The van der Waals surface area contributed by atoms with E-state index in [-0.39, 0.29) is 11.9 Å². The fraction of sp³-hybridized carbons (Fsp3) is 0.778. The van der Waals surface area contributed by atoms with Gasteiger partial charge in [0.15, 0.2) is 5.78 Å². The summed E-state index contributed by atoms with van der Waals surface area (Å²) in [6.07, 6.45) is -0.634. The molecule has 0 aliphatic heterocycles. The molecule has 1 N–H and O–H groups in total. The van der Waals surface area contributed by atoms with Gasteiger partial charge < -0.3 is 14.8 Å². The monoisotopic (exact) mass is 203 g/mol. The van der Waals surface area contributed by atoms with E-state index in [2.05, 4.69) is 10.1 Å². The van der Waals surface area contributed by atoms with Crippen LogP contribution in [0.3, 0.4) is 0 Å². The first-order valence-corrected chi connectivity index (χ1v) is 4.46. The van der Waals surface area contributed by atoms with Crippen molar-refractivity contribution in [1.29, 1.82) is 0 Å². The van der Waals surface area contributed by atoms with Gasteiger partial charge in [0, 0.05) is 13.5 Å². The van der Waals surface area contributed by atoms with Gasteiger partial charge in [0.2, 0.25) is 0 Å². The molecule has 82 valence electrons. The molecular weight excluding hydrogens is 186 g/mol. The highest BCUT2D eigenvalue weighted by molar-refractivity contribution is 5.87. The Morgan fingerprint density at radius 2 is 1.93 bits per heavy atom. The Morgan fingerprint density at radius 1 is 1.36 bits per heavy atom. The zero-order valence-corrected chi connectivity index (χ0v) is 8.99. The fourth-order valence-electron chi connectivity index (χ4n) is 1.00. The largest absolute Gasteiger partial charge is 0.453 e. The van der Waals surface area contributed by atoms with Crippen LogP contribution in [0.2, 0.25) is 0 Å². The Balaban J connectivity index is 4.39. The van der Waals surface area contributed by atoms with Crippen LogP contribution in [0.15, 0.2) is 0 Å². The van der Waals surface area contributed by atoms with Crippen molar-refractivity contribution in [2.45, 2.75) is 32.4 Å². The number of Topliss-reactive ketones (excluding diaryl/α,β-unsaturated/α-hetero) is 1. The molecule has 0 aliphatic rings. The number of methoxy groups -OCH3 is 2. The molecule has 0 saturated carbocycles. The van der Waals surface area contributed by atoms with Gasteiger partial charge in [0.1, 0.15) is 6.04 Å². The van der Waals surface area contributed by atoms with E-state index in [1.165, 1.54) is 14.2 Å². The van der Waals surface area contributed by atoms with Gasteiger partial charge >= 0.3 is 6.09 Å². The third kappa shape index (κ3) is 3.74. The lowest BCUT2D eigenvalue weighted by Gasteiger charge is -2.21. The van der Waals surface area contributed by atoms with Crippen LogP contribution < -0.4 is 5.32 Å². The Bertz CT molecular complexity index is 205. The van der Waals surface area contributed by atoms with Crippen molar-refractivity contribution in [3.05, 3.63) is 0 Å². The van der Waals surface area contributed by atoms with Gasteiger partial charge in [-0.3, -0.25) is 4.79 Å². The first kappa shape index (κ1) is 12.9. The molecule has 0 heterocycles. The second kappa shape index (κ2) is 6.37. The van der Waals surface area contributed by atoms with Crippen molar-refractivity contribution in [3.8, 4) is 0 Å². The molecule has 0 saturated heterocycles. The summed E-state index contributed by atoms with van der Waals surface area (Å²) in [7, 11) is 2.74. The Morgan fingerprint density at radius 3 is 2.29 bits per heavy atom. The molecule has 5 nitrogen and oxygen atoms in total. The first-order chi connectivity index (χ1) is 6.56. The summed E-state index contributed by atoms with van der Waals surface area (Å²) in [5, 5.41) is 2.43. The van der Waals surface area contributed by atoms with Gasteiger partial charge in [-0.2, -0.15) is 0 Å². The maximum Gasteiger partial charge on any atom is 0.407 e. The molecule has 2 atom stereocenters. The highest BCUT2D eigenvalue weighted by Crippen LogP contribution is 2.02. The van der Waals surface area contributed by atoms with Crippen LogP contribution in [0.4, 0.5) is 4.79 Å². The molecule has 0 unspecified atom stereocenters. The fourth-order valence-corrected chi connectivity index (χ4v) is 1.00. The lowest BCUT2D eigenvalue weighted by atomic mass is 10.1. The number of carbonyl (C=O) groups is 2. The standard InChI is InChI=1S/C9H17NO4/c1-5-7(11)8(6(2)13-3)10-9(12)14-4/h6,8H,5H2,1-4H3,(H,10,12)/t6-,8+/m1/s1. The molecule has 0 radical (unpaired) electrons. The average molecular weight is 203 g/mol. The lowest BCUT2D eigenvalue weighted by Crippen LogP contribution is -2.48. The van der Waals surface area contributed by atoms with Crippen molar-refractivity contribution in [3.63, 3.8) is 0 Å². The van der Waals surface area contributed by atoms with Gasteiger partial charge in [-0.25, -0.2) is 4.79 Å². The van der Waals surface area contributed by atoms with Crippen molar-refractivity contribution in [2.24, 2.45) is 0 Å². The summed E-state index contributed by atoms with van der Waals surface area (Å²) in [4.78, 5) is 22.3. The van der Waals surface area contributed by atoms with Crippen LogP contribution >= 0.6 is 0 Å². The minimum atomic E-state index is -0.641. The third-order valence-electron chi connectivity index (χ3n) is 2.00. The van der Waals surface area contributed by atoms with Crippen molar-refractivity contribution in [1.82, 2.24) is 5.32 Å². The average Bonchev–Trinajstić information content (AvgIpc) is 2.23. The van der Waals surface area contributed by atoms with Crippen molar-refractivity contribution >= 4 is 11.9 Å². The summed E-state index contributed by atoms with van der Waals surface area (Å²) in [6.45, 7) is 3.45. The van der Waals surface area contributed by atoms with E-state index in [4.69, 9.17) is 4.74 Å². The summed E-state index contributed by atoms with van der Waals surface area (Å²) >= 11 is 0. The molecule has 0 spiro atoms. The number of hydrogen-bond acceptors (Lipinski definition) is 4. The zero-order valence-electron chi connectivity index (χ0n) is 8.99. The molecule has 0 fully saturated rings. The van der Waals surface area contributed by atoms with Crippen molar-refractivity contribution in [2.75, 3.05) is 14.2 Å². The second-order valence-corrected chi connectivity index (χ2v) is 2.87. The number of hydrogen-bond donors (Lipinski definition) is 1. The molecule has 0 bridgehead atoms. The normalized spacial score (nSPS) is 14.3. The summed E-state index contributed by atoms with van der Waals surface area (Å²) in [6, 6.07) is -0.641. The SMILES string of the molecule is CCC(=O)[C@@H](NC(=O)OC)[C@@H](C)OC. The summed E-state index contributed by atoms with van der Waals surface area (Å²) < 4.78 is 9.40. The second-order valence-electron chi connectivity index (χ2n) is 2.87. The van der Waals surface area contributed by atoms with Gasteiger partial charge in [-0.15, -0.1) is 0 Å². The van der Waals surface area contributed by atoms with Gasteiger partial charge in [-0.1, -0.05) is 6.92 Å². The number of amides is 1. The Hall–Kier alpha value is -1.10. The van der Waals surface area contributed by atoms with Crippen LogP contribution in [0.25, 0.3) is 0 Å². The molecule has 5 heteroatoms. The topological polar surface area (TPSA) is 64.6 Å². The van der Waals surface area contributed by atoms with Gasteiger partial charge in [0.05, 0.1) is 13.2 Å². The molecule has 0 aliphatic carbocycles. The minimum absolute atomic E-state index is 0.0789. The van der Waals surface area contributed by atoms with E-state index in [1.54, 1.807) is 13.8 Å². The molecular formula is C9H17NO4. The molecule has 0 aromatic carbocycles. The van der Waals surface area contributed by atoms with Crippen LogP contribution in [-0.4, -0.2) is 38.2 Å². The first-order valence-electron chi connectivity index (χ1n) is 4.46. The predicted octanol–water partition coefficient (Wildman–Crippen LogP) is 0.725. The molecule has 1 amide bonds. The lowest BCUT2D eigenvalue weighted by molar-refractivity contribution is -0.123. The number of ether oxygens (including phenoxy) is 2. The van der Waals surface area contributed by atoms with E-state index in [9.17, 15) is 9.59 Å². The smallest absolute Gasteiger partial charge is 0.407 e. The molecule has 0 aromatic rings. The maximum atomic E-state index is 11.4. The Kier molecular flexibility index (Phi) is 5.87. The maximum absolute atomic E-state index is 11.4. The zero-order chi connectivity index (χ0) is 11.1. The number of carbonyl (C=O) groups excluding carboxylic acids is 2. The van der Waals surface area contributed by atoms with E-state index in [0.29, 0.717) is 6.42 Å². The molecule has 14 heavy (non-hydrogen) atoms. The minimum Gasteiger partial charge on any atom is -0.453 e. The quantitative estimate of drug-likeness (QED) is 0.715. The van der Waals surface area contributed by atoms with Crippen molar-refractivity contribution < 1.29 is 19.1 Å². The van der Waals surface area contributed by atoms with E-state index in [0.717, 1.165) is 0 Å². The van der Waals surface area contributed by atoms with E-state index in [1.807, 2.05) is 0 Å². The number of nitrogens with one attached hydrogen (secondary N) is 1. The summed E-state index contributed by atoms with van der Waals surface area (Å²) in [5.74, 6) is -0.0789. The van der Waals surface area contributed by atoms with E-state index >= 15 is 0 Å². The van der Waals surface area contributed by atoms with Crippen LogP contribution in [0.1, 0.15) is 20.3 Å². The van der Waals surface area contributed by atoms with Crippen LogP contribution in [0.5, 0.6) is 0 Å². The third-order valence-corrected chi connectivity index (χ3v) is 2.00. The van der Waals surface area contributed by atoms with Crippen LogP contribution in [0, 0.1) is 0 Å². The highest BCUT2D eigenvalue weighted by atomic mass is 16.5. The van der Waals surface area contributed by atoms with E-state index < -0.39 is 12.1 Å². The van der Waals surface area contributed by atoms with Crippen LogP contribution in [-0.2, 0) is 14.3 Å². The predicted molar refractivity (Wildman–Crippen MR) is 51.1 cm³/mol. The molecule has 0 rings (SSSR count). The number of alkyl carbamates (subject to hydrolysis) is 1. The Labute approximate surface area is 83.8 Å².